The van der Waals surface area contributed by atoms with Crippen LogP contribution in [0.4, 0.5) is 0 Å². The lowest BCUT2D eigenvalue weighted by Gasteiger charge is -2.15. The van der Waals surface area contributed by atoms with E-state index in [9.17, 15) is 9.90 Å². The number of nitrogens with zero attached hydrogens (tertiary/aromatic N) is 2. The van der Waals surface area contributed by atoms with Crippen molar-refractivity contribution in [2.45, 2.75) is 70.8 Å². The number of ether oxygens (including phenoxy) is 1. The number of methoxy groups -OCH3 is 1. The van der Waals surface area contributed by atoms with E-state index in [0.29, 0.717) is 19.3 Å². The van der Waals surface area contributed by atoms with E-state index in [1.54, 1.807) is 6.33 Å². The predicted molar refractivity (Wildman–Crippen MR) is 122 cm³/mol. The number of allylic oxidation sites excluding steroid dienone is 1. The van der Waals surface area contributed by atoms with E-state index < -0.39 is 6.10 Å². The van der Waals surface area contributed by atoms with Gasteiger partial charge in [-0.25, -0.2) is 4.98 Å². The van der Waals surface area contributed by atoms with E-state index in [2.05, 4.69) is 30.1 Å². The number of aryl methyl sites for hydroxylation is 1. The van der Waals surface area contributed by atoms with Gasteiger partial charge in [0.2, 0.25) is 0 Å². The molecule has 5 heteroatoms. The number of unbranched alkanes of at least 4 members (excludes halogenated alkanes) is 5. The molecule has 2 rings (SSSR count). The summed E-state index contributed by atoms with van der Waals surface area (Å²) in [6.45, 7) is 2.23. The van der Waals surface area contributed by atoms with Crippen LogP contribution in [0.2, 0.25) is 0 Å². The fourth-order valence-electron chi connectivity index (χ4n) is 3.59. The molecular formula is C25H36N2O3. The molecular weight excluding hydrogens is 376 g/mol. The first-order chi connectivity index (χ1) is 14.6. The third-order valence-corrected chi connectivity index (χ3v) is 5.42. The van der Waals surface area contributed by atoms with Crippen molar-refractivity contribution in [3.63, 3.8) is 0 Å². The molecule has 164 valence electrons. The number of hydrogen-bond donors (Lipinski definition) is 1. The SMILES string of the molecule is CCCCCCC/C=C/c1cc(-c2cncn2C)ccc1C(O)CCCC(=O)OC. The Labute approximate surface area is 180 Å². The summed E-state index contributed by atoms with van der Waals surface area (Å²) in [6, 6.07) is 6.13. The molecule has 0 aliphatic carbocycles. The van der Waals surface area contributed by atoms with Crippen molar-refractivity contribution in [2.75, 3.05) is 7.11 Å². The summed E-state index contributed by atoms with van der Waals surface area (Å²) in [4.78, 5) is 15.6. The number of aromatic nitrogens is 2. The van der Waals surface area contributed by atoms with Gasteiger partial charge in [0.1, 0.15) is 0 Å². The van der Waals surface area contributed by atoms with Crippen molar-refractivity contribution in [3.8, 4) is 11.3 Å². The molecule has 1 aromatic carbocycles. The molecule has 0 fully saturated rings. The molecule has 0 saturated heterocycles. The topological polar surface area (TPSA) is 64.3 Å². The average Bonchev–Trinajstić information content (AvgIpc) is 3.18. The van der Waals surface area contributed by atoms with E-state index >= 15 is 0 Å². The molecule has 1 N–H and O–H groups in total. The number of benzene rings is 1. The van der Waals surface area contributed by atoms with Crippen molar-refractivity contribution < 1.29 is 14.6 Å². The Morgan fingerprint density at radius 1 is 1.23 bits per heavy atom. The zero-order valence-corrected chi connectivity index (χ0v) is 18.6. The molecule has 0 spiro atoms. The van der Waals surface area contributed by atoms with Gasteiger partial charge < -0.3 is 14.4 Å². The smallest absolute Gasteiger partial charge is 0.305 e. The highest BCUT2D eigenvalue weighted by Gasteiger charge is 2.14. The molecule has 5 nitrogen and oxygen atoms in total. The fourth-order valence-corrected chi connectivity index (χ4v) is 3.59. The summed E-state index contributed by atoms with van der Waals surface area (Å²) in [7, 11) is 3.37. The first-order valence-electron chi connectivity index (χ1n) is 11.1. The van der Waals surface area contributed by atoms with Gasteiger partial charge in [0.05, 0.1) is 31.4 Å². The summed E-state index contributed by atoms with van der Waals surface area (Å²) in [5.74, 6) is -0.239. The Kier molecular flexibility index (Phi) is 10.4. The third-order valence-electron chi connectivity index (χ3n) is 5.42. The van der Waals surface area contributed by atoms with Crippen LogP contribution >= 0.6 is 0 Å². The molecule has 0 saturated carbocycles. The minimum atomic E-state index is -0.612. The van der Waals surface area contributed by atoms with E-state index in [4.69, 9.17) is 4.74 Å². The molecule has 0 bridgehead atoms. The van der Waals surface area contributed by atoms with E-state index in [1.165, 1.54) is 39.2 Å². The van der Waals surface area contributed by atoms with Gasteiger partial charge in [-0.2, -0.15) is 0 Å². The molecule has 0 aliphatic rings. The predicted octanol–water partition coefficient (Wildman–Crippen LogP) is 5.84. The normalized spacial score (nSPS) is 12.4. The van der Waals surface area contributed by atoms with Crippen LogP contribution in [0.3, 0.4) is 0 Å². The number of aliphatic hydroxyl groups is 1. The van der Waals surface area contributed by atoms with Crippen LogP contribution in [0.5, 0.6) is 0 Å². The van der Waals surface area contributed by atoms with Crippen LogP contribution in [0.1, 0.15) is 81.9 Å². The van der Waals surface area contributed by atoms with Crippen molar-refractivity contribution in [1.82, 2.24) is 9.55 Å². The van der Waals surface area contributed by atoms with Gasteiger partial charge in [-0.1, -0.05) is 56.9 Å². The quantitative estimate of drug-likeness (QED) is 0.332. The highest BCUT2D eigenvalue weighted by atomic mass is 16.5. The second-order valence-corrected chi connectivity index (χ2v) is 7.82. The van der Waals surface area contributed by atoms with Crippen LogP contribution in [0.15, 0.2) is 36.8 Å². The van der Waals surface area contributed by atoms with E-state index in [1.807, 2.05) is 29.9 Å². The largest absolute Gasteiger partial charge is 0.469 e. The molecule has 1 heterocycles. The zero-order valence-electron chi connectivity index (χ0n) is 18.6. The number of rotatable bonds is 13. The minimum Gasteiger partial charge on any atom is -0.469 e. The van der Waals surface area contributed by atoms with Crippen LogP contribution in [0.25, 0.3) is 17.3 Å². The Bertz CT molecular complexity index is 810. The molecule has 0 aliphatic heterocycles. The van der Waals surface area contributed by atoms with Crippen LogP contribution in [-0.2, 0) is 16.6 Å². The number of carbonyl (C=O) groups excluding carboxylic acids is 1. The summed E-state index contributed by atoms with van der Waals surface area (Å²) >= 11 is 0. The van der Waals surface area contributed by atoms with Crippen LogP contribution in [-0.4, -0.2) is 27.7 Å². The molecule has 2 aromatic rings. The standard InChI is InChI=1S/C25H36N2O3/c1-4-5-6-7-8-9-10-12-20-17-21(23-18-26-19-27(23)2)15-16-22(20)24(28)13-11-14-25(29)30-3/h10,12,15-19,24,28H,4-9,11,13-14H2,1-3H3/b12-10+. The fraction of sp³-hybridized carbons (Fsp3) is 0.520. The van der Waals surface area contributed by atoms with Crippen molar-refractivity contribution in [1.29, 1.82) is 0 Å². The van der Waals surface area contributed by atoms with Gasteiger partial charge >= 0.3 is 5.97 Å². The minimum absolute atomic E-state index is 0.239. The zero-order chi connectivity index (χ0) is 21.8. The number of aliphatic hydroxyl groups excluding tert-OH is 1. The highest BCUT2D eigenvalue weighted by molar-refractivity contribution is 5.69. The number of carbonyl (C=O) groups is 1. The maximum Gasteiger partial charge on any atom is 0.305 e. The maximum absolute atomic E-state index is 11.4. The number of imidazole rings is 1. The highest BCUT2D eigenvalue weighted by Crippen LogP contribution is 2.29. The average molecular weight is 413 g/mol. The summed E-state index contributed by atoms with van der Waals surface area (Å²) in [6.07, 6.45) is 16.1. The Morgan fingerprint density at radius 3 is 2.73 bits per heavy atom. The summed E-state index contributed by atoms with van der Waals surface area (Å²) < 4.78 is 6.68. The number of esters is 1. The second kappa shape index (κ2) is 13.0. The molecule has 30 heavy (non-hydrogen) atoms. The Morgan fingerprint density at radius 2 is 2.03 bits per heavy atom. The number of hydrogen-bond acceptors (Lipinski definition) is 4. The molecule has 1 unspecified atom stereocenters. The summed E-state index contributed by atoms with van der Waals surface area (Å²) in [5.41, 5.74) is 4.03. The van der Waals surface area contributed by atoms with Gasteiger partial charge in [0.15, 0.2) is 0 Å². The molecule has 0 radical (unpaired) electrons. The van der Waals surface area contributed by atoms with E-state index in [0.717, 1.165) is 28.8 Å². The summed E-state index contributed by atoms with van der Waals surface area (Å²) in [5, 5.41) is 10.8. The van der Waals surface area contributed by atoms with Gasteiger partial charge in [0.25, 0.3) is 0 Å². The first-order valence-corrected chi connectivity index (χ1v) is 11.1. The lowest BCUT2D eigenvalue weighted by molar-refractivity contribution is -0.140. The van der Waals surface area contributed by atoms with Gasteiger partial charge in [0, 0.05) is 19.0 Å². The molecule has 1 aromatic heterocycles. The third kappa shape index (κ3) is 7.45. The molecule has 0 amide bonds. The van der Waals surface area contributed by atoms with Crippen LogP contribution < -0.4 is 0 Å². The van der Waals surface area contributed by atoms with Gasteiger partial charge in [-0.3, -0.25) is 4.79 Å². The Hall–Kier alpha value is -2.40. The van der Waals surface area contributed by atoms with Crippen LogP contribution in [0, 0.1) is 0 Å². The second-order valence-electron chi connectivity index (χ2n) is 7.82. The molecule has 1 atom stereocenters. The van der Waals surface area contributed by atoms with Gasteiger partial charge in [-0.15, -0.1) is 0 Å². The maximum atomic E-state index is 11.4. The van der Waals surface area contributed by atoms with Crippen molar-refractivity contribution in [3.05, 3.63) is 47.9 Å². The van der Waals surface area contributed by atoms with Gasteiger partial charge in [-0.05, 0) is 42.9 Å². The van der Waals surface area contributed by atoms with Crippen molar-refractivity contribution in [2.24, 2.45) is 7.05 Å². The Balaban J connectivity index is 2.12. The lowest BCUT2D eigenvalue weighted by atomic mass is 9.95. The van der Waals surface area contributed by atoms with E-state index in [-0.39, 0.29) is 5.97 Å². The first kappa shape index (κ1) is 23.9. The van der Waals surface area contributed by atoms with Crippen molar-refractivity contribution >= 4 is 12.0 Å². The lowest BCUT2D eigenvalue weighted by Crippen LogP contribution is -2.04. The monoisotopic (exact) mass is 412 g/mol.